The van der Waals surface area contributed by atoms with Crippen molar-refractivity contribution in [1.29, 1.82) is 0 Å². The fourth-order valence-electron chi connectivity index (χ4n) is 0.234. The Morgan fingerprint density at radius 1 is 1.57 bits per heavy atom. The van der Waals surface area contributed by atoms with Crippen molar-refractivity contribution in [3.63, 3.8) is 0 Å². The summed E-state index contributed by atoms with van der Waals surface area (Å²) < 4.78 is 4.64. The molecule has 1 aromatic heterocycles. The van der Waals surface area contributed by atoms with Gasteiger partial charge in [0.05, 0.1) is 0 Å². The van der Waals surface area contributed by atoms with E-state index in [-0.39, 0.29) is 0 Å². The Morgan fingerprint density at radius 2 is 2.29 bits per heavy atom. The summed E-state index contributed by atoms with van der Waals surface area (Å²) in [4.78, 5) is 3.64. The van der Waals surface area contributed by atoms with Gasteiger partial charge in [-0.25, -0.2) is 4.98 Å². The maximum atomic E-state index is 4.64. The fourth-order valence-corrected chi connectivity index (χ4v) is 0.439. The number of rotatable bonds is 0. The van der Waals surface area contributed by atoms with Gasteiger partial charge in [0.15, 0.2) is 11.5 Å². The Balaban J connectivity index is 3.12. The molecule has 1 aromatic rings. The third kappa shape index (κ3) is 0.920. The fraction of sp³-hybridized carbons (Fsp3) is 0. The van der Waals surface area contributed by atoms with E-state index >= 15 is 0 Å². The third-order valence-corrected chi connectivity index (χ3v) is 1.34. The van der Waals surface area contributed by atoms with Crippen molar-refractivity contribution in [1.82, 2.24) is 4.98 Å². The van der Waals surface area contributed by atoms with Crippen molar-refractivity contribution < 1.29 is 4.42 Å². The first-order chi connectivity index (χ1) is 3.30. The summed E-state index contributed by atoms with van der Waals surface area (Å²) >= 11 is 7.71. The molecule has 0 saturated carbocycles. The molecular weight excluding hydrogens is 130 g/mol. The minimum Gasteiger partial charge on any atom is -0.436 e. The van der Waals surface area contributed by atoms with Crippen molar-refractivity contribution in [2.75, 3.05) is 0 Å². The van der Waals surface area contributed by atoms with Gasteiger partial charge >= 0.3 is 0 Å². The van der Waals surface area contributed by atoms with Crippen molar-refractivity contribution in [3.8, 4) is 0 Å². The maximum absolute atomic E-state index is 4.64. The highest BCUT2D eigenvalue weighted by atomic mass is 32.1. The summed E-state index contributed by atoms with van der Waals surface area (Å²) in [6.07, 6.45) is 1.30. The second-order valence-corrected chi connectivity index (χ2v) is 1.81. The molecule has 0 atom stereocenters. The number of thiol groups is 2. The molecule has 38 valence electrons. The van der Waals surface area contributed by atoms with Crippen LogP contribution in [0.3, 0.4) is 0 Å². The minimum atomic E-state index is 0.461. The molecule has 0 fully saturated rings. The van der Waals surface area contributed by atoms with Crippen LogP contribution in [0.4, 0.5) is 0 Å². The van der Waals surface area contributed by atoms with Crippen LogP contribution in [-0.4, -0.2) is 4.98 Å². The molecule has 0 amide bonds. The molecule has 0 aliphatic rings. The number of hydrogen-bond acceptors (Lipinski definition) is 4. The zero-order valence-corrected chi connectivity index (χ0v) is 5.12. The van der Waals surface area contributed by atoms with Crippen LogP contribution in [0.1, 0.15) is 0 Å². The SMILES string of the molecule is Sc1ncoc1S. The van der Waals surface area contributed by atoms with Crippen molar-refractivity contribution in [2.45, 2.75) is 10.1 Å². The Morgan fingerprint density at radius 3 is 2.43 bits per heavy atom. The van der Waals surface area contributed by atoms with E-state index in [1.165, 1.54) is 6.39 Å². The van der Waals surface area contributed by atoms with Crippen LogP contribution < -0.4 is 0 Å². The van der Waals surface area contributed by atoms with Crippen LogP contribution >= 0.6 is 25.3 Å². The van der Waals surface area contributed by atoms with Crippen molar-refractivity contribution >= 4 is 25.3 Å². The second-order valence-electron chi connectivity index (χ2n) is 0.981. The summed E-state index contributed by atoms with van der Waals surface area (Å²) in [6.45, 7) is 0. The lowest BCUT2D eigenvalue weighted by Gasteiger charge is -1.74. The Kier molecular flexibility index (Phi) is 1.30. The molecule has 1 heterocycles. The van der Waals surface area contributed by atoms with E-state index in [4.69, 9.17) is 0 Å². The summed E-state index contributed by atoms with van der Waals surface area (Å²) in [6, 6.07) is 0. The van der Waals surface area contributed by atoms with Crippen LogP contribution in [0.25, 0.3) is 0 Å². The first kappa shape index (κ1) is 5.05. The molecule has 0 saturated heterocycles. The molecule has 0 N–H and O–H groups in total. The summed E-state index contributed by atoms with van der Waals surface area (Å²) in [5.41, 5.74) is 0. The molecule has 0 radical (unpaired) electrons. The molecular formula is C3H3NOS2. The summed E-state index contributed by atoms with van der Waals surface area (Å²) in [7, 11) is 0. The van der Waals surface area contributed by atoms with Crippen LogP contribution in [0.5, 0.6) is 0 Å². The first-order valence-electron chi connectivity index (χ1n) is 1.62. The van der Waals surface area contributed by atoms with Gasteiger partial charge in [-0.2, -0.15) is 0 Å². The summed E-state index contributed by atoms with van der Waals surface area (Å²) in [5, 5.41) is 0.992. The number of oxazole rings is 1. The molecule has 0 spiro atoms. The zero-order chi connectivity index (χ0) is 5.28. The van der Waals surface area contributed by atoms with Gasteiger partial charge in [-0.1, -0.05) is 0 Å². The zero-order valence-electron chi connectivity index (χ0n) is 3.33. The van der Waals surface area contributed by atoms with E-state index in [0.29, 0.717) is 10.1 Å². The van der Waals surface area contributed by atoms with Gasteiger partial charge in [-0.15, -0.1) is 25.3 Å². The highest BCUT2D eigenvalue weighted by Gasteiger charge is 1.93. The third-order valence-electron chi connectivity index (χ3n) is 0.531. The lowest BCUT2D eigenvalue weighted by molar-refractivity contribution is 0.463. The van der Waals surface area contributed by atoms with E-state index in [0.717, 1.165) is 0 Å². The van der Waals surface area contributed by atoms with Crippen LogP contribution in [0.2, 0.25) is 0 Å². The second kappa shape index (κ2) is 1.79. The smallest absolute Gasteiger partial charge is 0.191 e. The standard InChI is InChI=1S/C3H3NOS2/c6-2-3(7)5-1-4-2/h1,6-7H. The molecule has 1 rings (SSSR count). The van der Waals surface area contributed by atoms with Gasteiger partial charge < -0.3 is 4.42 Å². The number of hydrogen-bond donors (Lipinski definition) is 2. The lowest BCUT2D eigenvalue weighted by atomic mass is 11.0. The van der Waals surface area contributed by atoms with Crippen molar-refractivity contribution in [2.24, 2.45) is 0 Å². The van der Waals surface area contributed by atoms with E-state index in [1.807, 2.05) is 0 Å². The average molecular weight is 133 g/mol. The molecule has 0 aromatic carbocycles. The molecule has 0 aliphatic heterocycles. The first-order valence-corrected chi connectivity index (χ1v) is 2.51. The molecule has 4 heteroatoms. The maximum Gasteiger partial charge on any atom is 0.191 e. The molecule has 0 aliphatic carbocycles. The van der Waals surface area contributed by atoms with Crippen LogP contribution in [0.15, 0.2) is 20.9 Å². The van der Waals surface area contributed by atoms with Gasteiger partial charge in [0.1, 0.15) is 5.03 Å². The van der Waals surface area contributed by atoms with E-state index in [9.17, 15) is 0 Å². The molecule has 7 heavy (non-hydrogen) atoms. The predicted molar refractivity (Wildman–Crippen MR) is 31.0 cm³/mol. The molecule has 0 unspecified atom stereocenters. The van der Waals surface area contributed by atoms with Crippen molar-refractivity contribution in [3.05, 3.63) is 6.39 Å². The Hall–Kier alpha value is -0.0900. The summed E-state index contributed by atoms with van der Waals surface area (Å²) in [5.74, 6) is 0. The highest BCUT2D eigenvalue weighted by molar-refractivity contribution is 7.83. The van der Waals surface area contributed by atoms with Crippen LogP contribution in [-0.2, 0) is 0 Å². The Labute approximate surface area is 51.8 Å². The van der Waals surface area contributed by atoms with Crippen LogP contribution in [0, 0.1) is 0 Å². The molecule has 0 bridgehead atoms. The normalized spacial score (nSPS) is 9.43. The number of nitrogens with zero attached hydrogens (tertiary/aromatic N) is 1. The van der Waals surface area contributed by atoms with E-state index < -0.39 is 0 Å². The highest BCUT2D eigenvalue weighted by Crippen LogP contribution is 2.13. The molecule has 2 nitrogen and oxygen atoms in total. The topological polar surface area (TPSA) is 26.0 Å². The minimum absolute atomic E-state index is 0.461. The average Bonchev–Trinajstić information content (AvgIpc) is 1.91. The quantitative estimate of drug-likeness (QED) is 0.521. The lowest BCUT2D eigenvalue weighted by Crippen LogP contribution is -1.57. The van der Waals surface area contributed by atoms with E-state index in [2.05, 4.69) is 34.7 Å². The van der Waals surface area contributed by atoms with Gasteiger partial charge in [-0.05, 0) is 0 Å². The van der Waals surface area contributed by atoms with Gasteiger partial charge in [0, 0.05) is 0 Å². The van der Waals surface area contributed by atoms with Gasteiger partial charge in [0.25, 0.3) is 0 Å². The van der Waals surface area contributed by atoms with E-state index in [1.54, 1.807) is 0 Å². The largest absolute Gasteiger partial charge is 0.436 e. The monoisotopic (exact) mass is 133 g/mol. The van der Waals surface area contributed by atoms with Gasteiger partial charge in [0.2, 0.25) is 0 Å². The predicted octanol–water partition coefficient (Wildman–Crippen LogP) is 1.25. The number of aromatic nitrogens is 1. The Bertz CT molecular complexity index is 145. The van der Waals surface area contributed by atoms with Gasteiger partial charge in [-0.3, -0.25) is 0 Å².